The Hall–Kier alpha value is -6.84. The first-order chi connectivity index (χ1) is 25.3. The first-order valence-corrected chi connectivity index (χ1v) is 17.5. The minimum Gasteiger partial charge on any atom is -0.309 e. The number of para-hydroxylation sites is 4. The van der Waals surface area contributed by atoms with Crippen LogP contribution in [0.4, 0.5) is 0 Å². The van der Waals surface area contributed by atoms with Gasteiger partial charge in [0.15, 0.2) is 0 Å². The van der Waals surface area contributed by atoms with Gasteiger partial charge in [-0.05, 0) is 77.9 Å². The van der Waals surface area contributed by atoms with Crippen LogP contribution in [-0.4, -0.2) is 13.7 Å². The van der Waals surface area contributed by atoms with Crippen LogP contribution in [0.25, 0.3) is 93.6 Å². The molecule has 0 unspecified atom stereocenters. The van der Waals surface area contributed by atoms with E-state index in [9.17, 15) is 0 Å². The van der Waals surface area contributed by atoms with Gasteiger partial charge in [-0.15, -0.1) is 0 Å². The van der Waals surface area contributed by atoms with Crippen molar-refractivity contribution in [3.63, 3.8) is 0 Å². The third-order valence-electron chi connectivity index (χ3n) is 10.6. The summed E-state index contributed by atoms with van der Waals surface area (Å²) in [4.78, 5) is 0. The van der Waals surface area contributed by atoms with Crippen LogP contribution in [0.1, 0.15) is 0 Å². The second kappa shape index (κ2) is 10.8. The largest absolute Gasteiger partial charge is 0.309 e. The van der Waals surface area contributed by atoms with Crippen LogP contribution < -0.4 is 0 Å². The van der Waals surface area contributed by atoms with Crippen LogP contribution in [-0.2, 0) is 0 Å². The summed E-state index contributed by atoms with van der Waals surface area (Å²) in [6.07, 6.45) is 0. The summed E-state index contributed by atoms with van der Waals surface area (Å²) in [6.45, 7) is 0. The molecule has 0 saturated heterocycles. The normalized spacial score (nSPS) is 11.9. The van der Waals surface area contributed by atoms with Gasteiger partial charge in [0.1, 0.15) is 0 Å². The van der Waals surface area contributed by atoms with E-state index < -0.39 is 0 Å². The molecule has 8 aromatic carbocycles. The molecule has 0 atom stereocenters. The van der Waals surface area contributed by atoms with Crippen LogP contribution in [0.5, 0.6) is 0 Å². The third-order valence-corrected chi connectivity index (χ3v) is 10.6. The minimum absolute atomic E-state index is 1.14. The highest BCUT2D eigenvalue weighted by molar-refractivity contribution is 6.19. The highest BCUT2D eigenvalue weighted by Crippen LogP contribution is 2.41. The van der Waals surface area contributed by atoms with Gasteiger partial charge in [0.05, 0.1) is 33.1 Å². The molecule has 3 nitrogen and oxygen atoms in total. The lowest BCUT2D eigenvalue weighted by Gasteiger charge is -2.12. The molecule has 0 aliphatic rings. The molecule has 3 heteroatoms. The first kappa shape index (κ1) is 28.0. The van der Waals surface area contributed by atoms with Gasteiger partial charge in [0.2, 0.25) is 0 Å². The molecule has 0 fully saturated rings. The molecule has 0 N–H and O–H groups in total. The van der Waals surface area contributed by atoms with Gasteiger partial charge in [-0.25, -0.2) is 0 Å². The molecule has 3 aromatic heterocycles. The topological polar surface area (TPSA) is 14.8 Å². The average Bonchev–Trinajstić information content (AvgIpc) is 3.82. The lowest BCUT2D eigenvalue weighted by Crippen LogP contribution is -1.97. The minimum atomic E-state index is 1.14. The molecule has 0 saturated carbocycles. The molecule has 0 radical (unpaired) electrons. The zero-order valence-corrected chi connectivity index (χ0v) is 27.7. The lowest BCUT2D eigenvalue weighted by molar-refractivity contribution is 1.15. The molecule has 0 aliphatic heterocycles. The van der Waals surface area contributed by atoms with Gasteiger partial charge in [0.25, 0.3) is 0 Å². The monoisotopic (exact) mass is 649 g/mol. The first-order valence-electron chi connectivity index (χ1n) is 17.5. The summed E-state index contributed by atoms with van der Waals surface area (Å²) in [5.41, 5.74) is 13.1. The quantitative estimate of drug-likeness (QED) is 0.180. The maximum atomic E-state index is 2.47. The zero-order chi connectivity index (χ0) is 33.5. The average molecular weight is 650 g/mol. The molecule has 51 heavy (non-hydrogen) atoms. The highest BCUT2D eigenvalue weighted by atomic mass is 15.0. The Morgan fingerprint density at radius 1 is 0.216 bits per heavy atom. The van der Waals surface area contributed by atoms with Crippen molar-refractivity contribution in [3.05, 3.63) is 188 Å². The van der Waals surface area contributed by atoms with Crippen LogP contribution in [0.15, 0.2) is 188 Å². The van der Waals surface area contributed by atoms with Crippen molar-refractivity contribution < 1.29 is 0 Å². The Balaban J connectivity index is 1.27. The standard InChI is InChI=1S/C48H31N3/c1-3-14-32(15-4-1)33-16-13-19-35(28-33)51-46-29-36(50-43-23-10-7-20-37(43)38-21-8-11-24-44(38)50)26-27-40(46)42-31-47-41(30-48(42)51)39-22-9-12-25-45(39)49(47)34-17-5-2-6-18-34/h1-31H. The summed E-state index contributed by atoms with van der Waals surface area (Å²) in [5.74, 6) is 0. The highest BCUT2D eigenvalue weighted by Gasteiger charge is 2.20. The van der Waals surface area contributed by atoms with E-state index in [-0.39, 0.29) is 0 Å². The predicted molar refractivity (Wildman–Crippen MR) is 215 cm³/mol. The van der Waals surface area contributed by atoms with E-state index in [0.717, 1.165) is 17.1 Å². The molecule has 0 spiro atoms. The number of fused-ring (bicyclic) bond motifs is 9. The van der Waals surface area contributed by atoms with Crippen molar-refractivity contribution in [2.75, 3.05) is 0 Å². The number of hydrogen-bond donors (Lipinski definition) is 0. The summed E-state index contributed by atoms with van der Waals surface area (Å²) in [5, 5.41) is 7.48. The molecule has 3 heterocycles. The number of nitrogens with zero attached hydrogens (tertiary/aromatic N) is 3. The summed E-state index contributed by atoms with van der Waals surface area (Å²) in [7, 11) is 0. The molecule has 0 bridgehead atoms. The van der Waals surface area contributed by atoms with Crippen molar-refractivity contribution in [3.8, 4) is 28.2 Å². The number of rotatable bonds is 4. The Morgan fingerprint density at radius 2 is 0.627 bits per heavy atom. The number of hydrogen-bond acceptors (Lipinski definition) is 0. The van der Waals surface area contributed by atoms with Gasteiger partial charge in [-0.3, -0.25) is 0 Å². The van der Waals surface area contributed by atoms with Crippen LogP contribution >= 0.6 is 0 Å². The Bertz CT molecular complexity index is 3070. The lowest BCUT2D eigenvalue weighted by atomic mass is 10.1. The number of benzene rings is 8. The molecular weight excluding hydrogens is 619 g/mol. The van der Waals surface area contributed by atoms with Gasteiger partial charge in [-0.1, -0.05) is 121 Å². The summed E-state index contributed by atoms with van der Waals surface area (Å²) in [6, 6.07) is 68.5. The molecule has 238 valence electrons. The van der Waals surface area contributed by atoms with Crippen LogP contribution in [0, 0.1) is 0 Å². The van der Waals surface area contributed by atoms with E-state index in [4.69, 9.17) is 0 Å². The van der Waals surface area contributed by atoms with Crippen LogP contribution in [0.2, 0.25) is 0 Å². The fourth-order valence-corrected chi connectivity index (χ4v) is 8.40. The summed E-state index contributed by atoms with van der Waals surface area (Å²) < 4.78 is 7.30. The smallest absolute Gasteiger partial charge is 0.0561 e. The fourth-order valence-electron chi connectivity index (χ4n) is 8.40. The van der Waals surface area contributed by atoms with Crippen molar-refractivity contribution in [1.29, 1.82) is 0 Å². The van der Waals surface area contributed by atoms with Crippen molar-refractivity contribution >= 4 is 65.4 Å². The summed E-state index contributed by atoms with van der Waals surface area (Å²) >= 11 is 0. The maximum Gasteiger partial charge on any atom is 0.0561 e. The molecule has 0 amide bonds. The van der Waals surface area contributed by atoms with E-state index in [1.807, 2.05) is 0 Å². The van der Waals surface area contributed by atoms with Crippen molar-refractivity contribution in [2.45, 2.75) is 0 Å². The van der Waals surface area contributed by atoms with E-state index in [2.05, 4.69) is 202 Å². The Morgan fingerprint density at radius 3 is 1.25 bits per heavy atom. The Labute approximate surface area is 294 Å². The van der Waals surface area contributed by atoms with Crippen LogP contribution in [0.3, 0.4) is 0 Å². The third kappa shape index (κ3) is 4.12. The van der Waals surface area contributed by atoms with Crippen molar-refractivity contribution in [1.82, 2.24) is 13.7 Å². The van der Waals surface area contributed by atoms with Gasteiger partial charge >= 0.3 is 0 Å². The Kier molecular flexibility index (Phi) is 5.96. The van der Waals surface area contributed by atoms with E-state index in [0.29, 0.717) is 0 Å². The van der Waals surface area contributed by atoms with Gasteiger partial charge < -0.3 is 13.7 Å². The SMILES string of the molecule is c1ccc(-c2cccc(-n3c4cc(-n5c6ccccc6c6ccccc65)ccc4c4cc5c(cc43)c3ccccc3n5-c3ccccc3)c2)cc1. The predicted octanol–water partition coefficient (Wildman–Crippen LogP) is 12.6. The van der Waals surface area contributed by atoms with Gasteiger partial charge in [-0.2, -0.15) is 0 Å². The van der Waals surface area contributed by atoms with Gasteiger partial charge in [0, 0.05) is 49.4 Å². The number of aromatic nitrogens is 3. The molecular formula is C48H31N3. The maximum absolute atomic E-state index is 2.47. The molecule has 11 rings (SSSR count). The molecule has 11 aromatic rings. The second-order valence-corrected chi connectivity index (χ2v) is 13.4. The molecule has 0 aliphatic carbocycles. The van der Waals surface area contributed by atoms with E-state index in [1.54, 1.807) is 0 Å². The zero-order valence-electron chi connectivity index (χ0n) is 27.7. The van der Waals surface area contributed by atoms with Crippen molar-refractivity contribution in [2.24, 2.45) is 0 Å². The second-order valence-electron chi connectivity index (χ2n) is 13.4. The van der Waals surface area contributed by atoms with E-state index in [1.165, 1.54) is 76.5 Å². The van der Waals surface area contributed by atoms with E-state index >= 15 is 0 Å². The fraction of sp³-hybridized carbons (Fsp3) is 0.